The van der Waals surface area contributed by atoms with Crippen LogP contribution in [0.3, 0.4) is 0 Å². The van der Waals surface area contributed by atoms with Crippen LogP contribution < -0.4 is 10.1 Å². The highest BCUT2D eigenvalue weighted by molar-refractivity contribution is 5.36. The van der Waals surface area contributed by atoms with E-state index in [1.54, 1.807) is 12.1 Å². The van der Waals surface area contributed by atoms with Gasteiger partial charge in [-0.05, 0) is 32.9 Å². The van der Waals surface area contributed by atoms with Gasteiger partial charge in [0.2, 0.25) is 0 Å². The number of ether oxygens (including phenoxy) is 1. The Kier molecular flexibility index (Phi) is 5.33. The summed E-state index contributed by atoms with van der Waals surface area (Å²) in [6, 6.07) is 6.51. The number of aromatic nitrogens is 1. The van der Waals surface area contributed by atoms with Crippen LogP contribution in [0, 0.1) is 12.7 Å². The van der Waals surface area contributed by atoms with Crippen LogP contribution in [0.25, 0.3) is 0 Å². The first-order chi connectivity index (χ1) is 10.1. The lowest BCUT2D eigenvalue weighted by molar-refractivity contribution is 0.244. The first-order valence-electron chi connectivity index (χ1n) is 7.18. The Hall–Kier alpha value is -1.88. The molecule has 0 fully saturated rings. The molecule has 0 amide bonds. The molecule has 0 spiro atoms. The molecule has 1 heterocycles. The number of halogens is 1. The molecule has 2 aromatic rings. The molecule has 1 N–H and O–H groups in total. The van der Waals surface area contributed by atoms with E-state index in [-0.39, 0.29) is 18.5 Å². The summed E-state index contributed by atoms with van der Waals surface area (Å²) in [5.74, 6) is 0.835. The summed E-state index contributed by atoms with van der Waals surface area (Å²) in [6.07, 6.45) is 1.04. The van der Waals surface area contributed by atoms with Crippen LogP contribution in [0.1, 0.15) is 43.3 Å². The zero-order valence-corrected chi connectivity index (χ0v) is 12.6. The molecule has 0 aliphatic carbocycles. The van der Waals surface area contributed by atoms with Gasteiger partial charge in [-0.25, -0.2) is 4.39 Å². The van der Waals surface area contributed by atoms with Gasteiger partial charge >= 0.3 is 0 Å². The van der Waals surface area contributed by atoms with Crippen LogP contribution in [0.2, 0.25) is 0 Å². The molecule has 0 bridgehead atoms. The lowest BCUT2D eigenvalue weighted by atomic mass is 10.1. The number of rotatable bonds is 7. The number of nitrogens with zero attached hydrogens (tertiary/aromatic N) is 1. The van der Waals surface area contributed by atoms with Crippen molar-refractivity contribution in [2.75, 3.05) is 6.54 Å². The van der Waals surface area contributed by atoms with Crippen LogP contribution >= 0.6 is 0 Å². The summed E-state index contributed by atoms with van der Waals surface area (Å²) < 4.78 is 24.3. The Bertz CT molecular complexity index is 583. The SMILES string of the molecule is CCCNC(C)c1ccc(F)cc1OCc1cc(C)no1. The smallest absolute Gasteiger partial charge is 0.174 e. The fourth-order valence-electron chi connectivity index (χ4n) is 2.09. The average molecular weight is 292 g/mol. The van der Waals surface area contributed by atoms with Crippen molar-refractivity contribution in [2.24, 2.45) is 0 Å². The molecular formula is C16H21FN2O2. The fraction of sp³-hybridized carbons (Fsp3) is 0.438. The molecule has 0 radical (unpaired) electrons. The largest absolute Gasteiger partial charge is 0.485 e. The van der Waals surface area contributed by atoms with Gasteiger partial charge < -0.3 is 14.6 Å². The topological polar surface area (TPSA) is 47.3 Å². The van der Waals surface area contributed by atoms with Gasteiger partial charge in [0.25, 0.3) is 0 Å². The Morgan fingerprint density at radius 1 is 1.38 bits per heavy atom. The third-order valence-corrected chi connectivity index (χ3v) is 3.19. The number of hydrogen-bond acceptors (Lipinski definition) is 4. The molecule has 0 aliphatic rings. The van der Waals surface area contributed by atoms with Crippen molar-refractivity contribution in [3.63, 3.8) is 0 Å². The Morgan fingerprint density at radius 3 is 2.86 bits per heavy atom. The summed E-state index contributed by atoms with van der Waals surface area (Å²) in [4.78, 5) is 0. The average Bonchev–Trinajstić information content (AvgIpc) is 2.88. The van der Waals surface area contributed by atoms with Crippen LogP contribution in [0.4, 0.5) is 4.39 Å². The summed E-state index contributed by atoms with van der Waals surface area (Å²) >= 11 is 0. The molecule has 2 rings (SSSR count). The summed E-state index contributed by atoms with van der Waals surface area (Å²) in [5, 5.41) is 7.18. The van der Waals surface area contributed by atoms with Gasteiger partial charge in [-0.2, -0.15) is 0 Å². The normalized spacial score (nSPS) is 12.4. The van der Waals surface area contributed by atoms with Crippen molar-refractivity contribution in [3.05, 3.63) is 47.1 Å². The fourth-order valence-corrected chi connectivity index (χ4v) is 2.09. The van der Waals surface area contributed by atoms with Crippen molar-refractivity contribution in [3.8, 4) is 5.75 Å². The third kappa shape index (κ3) is 4.29. The van der Waals surface area contributed by atoms with Crippen molar-refractivity contribution < 1.29 is 13.7 Å². The van der Waals surface area contributed by atoms with Gasteiger partial charge in [0.05, 0.1) is 5.69 Å². The zero-order valence-electron chi connectivity index (χ0n) is 12.6. The lowest BCUT2D eigenvalue weighted by Crippen LogP contribution is -2.20. The molecular weight excluding hydrogens is 271 g/mol. The predicted octanol–water partition coefficient (Wildman–Crippen LogP) is 3.76. The number of aryl methyl sites for hydroxylation is 1. The maximum atomic E-state index is 13.5. The zero-order chi connectivity index (χ0) is 15.2. The maximum absolute atomic E-state index is 13.5. The lowest BCUT2D eigenvalue weighted by Gasteiger charge is -2.17. The minimum absolute atomic E-state index is 0.0945. The van der Waals surface area contributed by atoms with Crippen LogP contribution in [0.5, 0.6) is 5.75 Å². The second kappa shape index (κ2) is 7.22. The molecule has 1 atom stereocenters. The highest BCUT2D eigenvalue weighted by Crippen LogP contribution is 2.27. The Balaban J connectivity index is 2.10. The van der Waals surface area contributed by atoms with Crippen LogP contribution in [-0.4, -0.2) is 11.7 Å². The number of hydrogen-bond donors (Lipinski definition) is 1. The Morgan fingerprint density at radius 2 is 2.19 bits per heavy atom. The molecule has 0 saturated carbocycles. The van der Waals surface area contributed by atoms with Gasteiger partial charge in [0.15, 0.2) is 5.76 Å². The summed E-state index contributed by atoms with van der Waals surface area (Å²) in [5.41, 5.74) is 1.73. The third-order valence-electron chi connectivity index (χ3n) is 3.19. The van der Waals surface area contributed by atoms with E-state index in [1.807, 2.05) is 13.8 Å². The van der Waals surface area contributed by atoms with Gasteiger partial charge in [-0.1, -0.05) is 18.1 Å². The highest BCUT2D eigenvalue weighted by Gasteiger charge is 2.13. The molecule has 4 nitrogen and oxygen atoms in total. The number of nitrogens with one attached hydrogen (secondary N) is 1. The van der Waals surface area contributed by atoms with Gasteiger partial charge in [0.1, 0.15) is 18.2 Å². The predicted molar refractivity (Wildman–Crippen MR) is 78.7 cm³/mol. The quantitative estimate of drug-likeness (QED) is 0.844. The molecule has 1 unspecified atom stereocenters. The second-order valence-corrected chi connectivity index (χ2v) is 5.08. The van der Waals surface area contributed by atoms with E-state index in [0.717, 1.165) is 24.2 Å². The van der Waals surface area contributed by atoms with Crippen LogP contribution in [0.15, 0.2) is 28.8 Å². The minimum atomic E-state index is -0.315. The van der Waals surface area contributed by atoms with Gasteiger partial charge in [-0.3, -0.25) is 0 Å². The first-order valence-corrected chi connectivity index (χ1v) is 7.18. The molecule has 1 aromatic heterocycles. The Labute approximate surface area is 124 Å². The highest BCUT2D eigenvalue weighted by atomic mass is 19.1. The maximum Gasteiger partial charge on any atom is 0.174 e. The number of benzene rings is 1. The second-order valence-electron chi connectivity index (χ2n) is 5.08. The van der Waals surface area contributed by atoms with E-state index in [2.05, 4.69) is 17.4 Å². The van der Waals surface area contributed by atoms with E-state index >= 15 is 0 Å². The summed E-state index contributed by atoms with van der Waals surface area (Å²) in [6.45, 7) is 7.12. The van der Waals surface area contributed by atoms with Crippen LogP contribution in [-0.2, 0) is 6.61 Å². The van der Waals surface area contributed by atoms with Crippen molar-refractivity contribution >= 4 is 0 Å². The van der Waals surface area contributed by atoms with Crippen molar-refractivity contribution in [2.45, 2.75) is 39.8 Å². The molecule has 0 aliphatic heterocycles. The first kappa shape index (κ1) is 15.5. The van der Waals surface area contributed by atoms with E-state index in [0.29, 0.717) is 11.5 Å². The molecule has 21 heavy (non-hydrogen) atoms. The van der Waals surface area contributed by atoms with Crippen molar-refractivity contribution in [1.29, 1.82) is 0 Å². The molecule has 1 aromatic carbocycles. The van der Waals surface area contributed by atoms with Crippen molar-refractivity contribution in [1.82, 2.24) is 10.5 Å². The standard InChI is InChI=1S/C16H21FN2O2/c1-4-7-18-12(3)15-6-5-13(17)9-16(15)20-10-14-8-11(2)19-21-14/h5-6,8-9,12,18H,4,7,10H2,1-3H3. The summed E-state index contributed by atoms with van der Waals surface area (Å²) in [7, 11) is 0. The van der Waals surface area contributed by atoms with E-state index in [4.69, 9.17) is 9.26 Å². The monoisotopic (exact) mass is 292 g/mol. The van der Waals surface area contributed by atoms with E-state index in [9.17, 15) is 4.39 Å². The molecule has 114 valence electrons. The van der Waals surface area contributed by atoms with Gasteiger partial charge in [-0.15, -0.1) is 0 Å². The van der Waals surface area contributed by atoms with Gasteiger partial charge in [0, 0.05) is 23.7 Å². The minimum Gasteiger partial charge on any atom is -0.485 e. The molecule has 5 heteroatoms. The van der Waals surface area contributed by atoms with E-state index < -0.39 is 0 Å². The molecule has 0 saturated heterocycles. The van der Waals surface area contributed by atoms with E-state index in [1.165, 1.54) is 12.1 Å².